The lowest BCUT2D eigenvalue weighted by Gasteiger charge is -2.16. The molecule has 1 unspecified atom stereocenters. The first-order chi connectivity index (χ1) is 12.6. The van der Waals surface area contributed by atoms with Crippen molar-refractivity contribution in [2.75, 3.05) is 33.9 Å². The summed E-state index contributed by atoms with van der Waals surface area (Å²) in [7, 11) is 3.19. The first-order valence-electron chi connectivity index (χ1n) is 8.38. The topological polar surface area (TPSA) is 96.5 Å². The van der Waals surface area contributed by atoms with Crippen LogP contribution in [0.15, 0.2) is 30.3 Å². The van der Waals surface area contributed by atoms with Crippen molar-refractivity contribution in [3.05, 3.63) is 36.0 Å². The van der Waals surface area contributed by atoms with Crippen LogP contribution in [-0.2, 0) is 9.53 Å². The summed E-state index contributed by atoms with van der Waals surface area (Å²) in [5.41, 5.74) is 1.85. The van der Waals surface area contributed by atoms with Gasteiger partial charge in [0.15, 0.2) is 0 Å². The van der Waals surface area contributed by atoms with Gasteiger partial charge >= 0.3 is 0 Å². The van der Waals surface area contributed by atoms with Gasteiger partial charge in [0.1, 0.15) is 11.4 Å². The zero-order chi connectivity index (χ0) is 18.5. The zero-order valence-electron chi connectivity index (χ0n) is 14.8. The van der Waals surface area contributed by atoms with Gasteiger partial charge in [0.05, 0.1) is 25.5 Å². The highest BCUT2D eigenvalue weighted by atomic mass is 16.5. The minimum atomic E-state index is -0.280. The number of H-pyrrole nitrogens is 1. The average molecular weight is 358 g/mol. The maximum absolute atomic E-state index is 12.4. The van der Waals surface area contributed by atoms with E-state index in [0.29, 0.717) is 37.5 Å². The largest absolute Gasteiger partial charge is 0.497 e. The highest BCUT2D eigenvalue weighted by molar-refractivity contribution is 5.94. The number of nitrogens with one attached hydrogen (secondary N) is 2. The molecule has 8 nitrogen and oxygen atoms in total. The molecule has 1 aliphatic heterocycles. The van der Waals surface area contributed by atoms with Gasteiger partial charge in [-0.1, -0.05) is 12.1 Å². The van der Waals surface area contributed by atoms with E-state index in [2.05, 4.69) is 15.5 Å². The third-order valence-electron chi connectivity index (χ3n) is 4.30. The third kappa shape index (κ3) is 4.02. The molecule has 2 N–H and O–H groups in total. The third-order valence-corrected chi connectivity index (χ3v) is 4.30. The molecule has 1 aliphatic rings. The van der Waals surface area contributed by atoms with Crippen LogP contribution in [0.1, 0.15) is 16.9 Å². The summed E-state index contributed by atoms with van der Waals surface area (Å²) in [6.07, 6.45) is 0.298. The SMILES string of the molecule is COCCN1CC(NC(=O)c2cc(-c3cccc(OC)c3)n[nH]2)CC1=O. The second-order valence-corrected chi connectivity index (χ2v) is 6.11. The molecule has 2 aromatic rings. The molecule has 0 bridgehead atoms. The van der Waals surface area contributed by atoms with Crippen molar-refractivity contribution < 1.29 is 19.1 Å². The van der Waals surface area contributed by atoms with Gasteiger partial charge in [0, 0.05) is 32.2 Å². The van der Waals surface area contributed by atoms with Crippen LogP contribution >= 0.6 is 0 Å². The van der Waals surface area contributed by atoms with E-state index >= 15 is 0 Å². The lowest BCUT2D eigenvalue weighted by Crippen LogP contribution is -2.37. The van der Waals surface area contributed by atoms with E-state index < -0.39 is 0 Å². The number of aromatic amines is 1. The Balaban J connectivity index is 1.62. The molecule has 1 aromatic heterocycles. The number of carbonyl (C=O) groups is 2. The molecule has 0 saturated carbocycles. The molecular formula is C18H22N4O4. The van der Waals surface area contributed by atoms with Gasteiger partial charge in [0.2, 0.25) is 5.91 Å². The second-order valence-electron chi connectivity index (χ2n) is 6.11. The van der Waals surface area contributed by atoms with Crippen LogP contribution in [0.3, 0.4) is 0 Å². The summed E-state index contributed by atoms with van der Waals surface area (Å²) in [6, 6.07) is 8.92. The van der Waals surface area contributed by atoms with Gasteiger partial charge in [0.25, 0.3) is 5.91 Å². The molecule has 26 heavy (non-hydrogen) atoms. The number of carbonyl (C=O) groups excluding carboxylic acids is 2. The Bertz CT molecular complexity index is 789. The monoisotopic (exact) mass is 358 g/mol. The van der Waals surface area contributed by atoms with E-state index in [0.717, 1.165) is 11.3 Å². The van der Waals surface area contributed by atoms with Crippen LogP contribution in [0, 0.1) is 0 Å². The predicted octanol–water partition coefficient (Wildman–Crippen LogP) is 1.06. The molecule has 3 rings (SSSR count). The molecule has 2 amide bonds. The van der Waals surface area contributed by atoms with Gasteiger partial charge in [-0.25, -0.2) is 0 Å². The molecule has 138 valence electrons. The van der Waals surface area contributed by atoms with Crippen molar-refractivity contribution in [1.29, 1.82) is 0 Å². The van der Waals surface area contributed by atoms with Gasteiger partial charge in [-0.3, -0.25) is 14.7 Å². The number of likely N-dealkylation sites (tertiary alicyclic amines) is 1. The van der Waals surface area contributed by atoms with E-state index in [9.17, 15) is 9.59 Å². The van der Waals surface area contributed by atoms with Crippen LogP contribution in [-0.4, -0.2) is 66.9 Å². The first-order valence-corrected chi connectivity index (χ1v) is 8.38. The van der Waals surface area contributed by atoms with Crippen molar-refractivity contribution in [2.24, 2.45) is 0 Å². The van der Waals surface area contributed by atoms with E-state index in [1.54, 1.807) is 25.2 Å². The number of benzene rings is 1. The van der Waals surface area contributed by atoms with Crippen molar-refractivity contribution >= 4 is 11.8 Å². The van der Waals surface area contributed by atoms with Crippen molar-refractivity contribution in [3.8, 4) is 17.0 Å². The van der Waals surface area contributed by atoms with Crippen LogP contribution in [0.2, 0.25) is 0 Å². The Hall–Kier alpha value is -2.87. The average Bonchev–Trinajstić information content (AvgIpc) is 3.27. The molecule has 0 radical (unpaired) electrons. The summed E-state index contributed by atoms with van der Waals surface area (Å²) in [5, 5.41) is 9.82. The van der Waals surface area contributed by atoms with Gasteiger partial charge in [-0.2, -0.15) is 5.10 Å². The number of hydrogen-bond acceptors (Lipinski definition) is 5. The molecule has 2 heterocycles. The number of ether oxygens (including phenoxy) is 2. The van der Waals surface area contributed by atoms with E-state index in [-0.39, 0.29) is 17.9 Å². The predicted molar refractivity (Wildman–Crippen MR) is 94.9 cm³/mol. The number of hydrogen-bond donors (Lipinski definition) is 2. The van der Waals surface area contributed by atoms with Crippen LogP contribution in [0.25, 0.3) is 11.3 Å². The Morgan fingerprint density at radius 3 is 3.00 bits per heavy atom. The van der Waals surface area contributed by atoms with E-state index in [1.807, 2.05) is 24.3 Å². The maximum atomic E-state index is 12.4. The summed E-state index contributed by atoms with van der Waals surface area (Å²) >= 11 is 0. The molecule has 1 fully saturated rings. The summed E-state index contributed by atoms with van der Waals surface area (Å²) < 4.78 is 10.2. The summed E-state index contributed by atoms with van der Waals surface area (Å²) in [4.78, 5) is 26.1. The summed E-state index contributed by atoms with van der Waals surface area (Å²) in [6.45, 7) is 1.51. The van der Waals surface area contributed by atoms with Crippen LogP contribution in [0.5, 0.6) is 5.75 Å². The maximum Gasteiger partial charge on any atom is 0.269 e. The highest BCUT2D eigenvalue weighted by Gasteiger charge is 2.30. The van der Waals surface area contributed by atoms with Gasteiger partial charge in [-0.15, -0.1) is 0 Å². The lowest BCUT2D eigenvalue weighted by molar-refractivity contribution is -0.128. The summed E-state index contributed by atoms with van der Waals surface area (Å²) in [5.74, 6) is 0.462. The number of aromatic nitrogens is 2. The molecule has 1 saturated heterocycles. The Morgan fingerprint density at radius 1 is 1.38 bits per heavy atom. The van der Waals surface area contributed by atoms with Crippen molar-refractivity contribution in [1.82, 2.24) is 20.4 Å². The fourth-order valence-corrected chi connectivity index (χ4v) is 2.92. The second kappa shape index (κ2) is 8.01. The van der Waals surface area contributed by atoms with E-state index in [1.165, 1.54) is 0 Å². The lowest BCUT2D eigenvalue weighted by atomic mass is 10.1. The van der Waals surface area contributed by atoms with Crippen molar-refractivity contribution in [2.45, 2.75) is 12.5 Å². The van der Waals surface area contributed by atoms with Crippen LogP contribution < -0.4 is 10.1 Å². The first kappa shape index (κ1) is 17.9. The zero-order valence-corrected chi connectivity index (χ0v) is 14.8. The van der Waals surface area contributed by atoms with Gasteiger partial charge < -0.3 is 19.7 Å². The fourth-order valence-electron chi connectivity index (χ4n) is 2.92. The van der Waals surface area contributed by atoms with E-state index in [4.69, 9.17) is 9.47 Å². The van der Waals surface area contributed by atoms with Crippen LogP contribution in [0.4, 0.5) is 0 Å². The number of rotatable bonds is 7. The molecule has 0 spiro atoms. The molecule has 1 atom stereocenters. The minimum Gasteiger partial charge on any atom is -0.497 e. The Labute approximate surface area is 151 Å². The minimum absolute atomic E-state index is 0.0223. The molecule has 1 aromatic carbocycles. The normalized spacial score (nSPS) is 16.8. The molecule has 0 aliphatic carbocycles. The molecule has 8 heteroatoms. The number of methoxy groups -OCH3 is 2. The number of amides is 2. The highest BCUT2D eigenvalue weighted by Crippen LogP contribution is 2.22. The quantitative estimate of drug-likeness (QED) is 0.772. The number of nitrogens with zero attached hydrogens (tertiary/aromatic N) is 2. The fraction of sp³-hybridized carbons (Fsp3) is 0.389. The standard InChI is InChI=1S/C18H22N4O4/c1-25-7-6-22-11-13(9-17(22)23)19-18(24)16-10-15(20-21-16)12-4-3-5-14(8-12)26-2/h3-5,8,10,13H,6-7,9,11H2,1-2H3,(H,19,24)(H,20,21). The van der Waals surface area contributed by atoms with Gasteiger partial charge in [-0.05, 0) is 18.2 Å². The Morgan fingerprint density at radius 2 is 2.23 bits per heavy atom. The molecular weight excluding hydrogens is 336 g/mol. The smallest absolute Gasteiger partial charge is 0.269 e. The van der Waals surface area contributed by atoms with Crippen molar-refractivity contribution in [3.63, 3.8) is 0 Å². The Kier molecular flexibility index (Phi) is 5.52.